The van der Waals surface area contributed by atoms with Crippen molar-refractivity contribution < 1.29 is 14.6 Å². The highest BCUT2D eigenvalue weighted by molar-refractivity contribution is 5.74. The molecule has 1 fully saturated rings. The summed E-state index contributed by atoms with van der Waals surface area (Å²) in [4.78, 5) is 29.1. The summed E-state index contributed by atoms with van der Waals surface area (Å²) in [5, 5.41) is 13.2. The third kappa shape index (κ3) is 3.78. The van der Waals surface area contributed by atoms with Gasteiger partial charge in [-0.15, -0.1) is 0 Å². The summed E-state index contributed by atoms with van der Waals surface area (Å²) in [6.45, 7) is 6.80. The van der Waals surface area contributed by atoms with Crippen molar-refractivity contribution >= 4 is 17.0 Å². The van der Waals surface area contributed by atoms with Gasteiger partial charge in [-0.05, 0) is 45.7 Å². The van der Waals surface area contributed by atoms with Crippen LogP contribution in [0, 0.1) is 0 Å². The van der Waals surface area contributed by atoms with Crippen molar-refractivity contribution in [2.24, 2.45) is 0 Å². The fraction of sp³-hybridized carbons (Fsp3) is 0.526. The molecule has 1 aliphatic rings. The van der Waals surface area contributed by atoms with E-state index in [1.165, 1.54) is 6.92 Å². The zero-order chi connectivity index (χ0) is 19.1. The van der Waals surface area contributed by atoms with Gasteiger partial charge in [0.25, 0.3) is 5.56 Å². The predicted molar refractivity (Wildman–Crippen MR) is 97.6 cm³/mol. The predicted octanol–water partition coefficient (Wildman–Crippen LogP) is 1.87. The van der Waals surface area contributed by atoms with E-state index in [0.717, 1.165) is 0 Å². The van der Waals surface area contributed by atoms with Crippen LogP contribution in [0.3, 0.4) is 0 Å². The van der Waals surface area contributed by atoms with Gasteiger partial charge < -0.3 is 14.4 Å². The van der Waals surface area contributed by atoms with Gasteiger partial charge in [-0.3, -0.25) is 14.9 Å². The highest BCUT2D eigenvalue weighted by Gasteiger charge is 2.36. The van der Waals surface area contributed by atoms with Gasteiger partial charge in [-0.1, -0.05) is 12.1 Å². The molecule has 2 atom stereocenters. The van der Waals surface area contributed by atoms with Crippen LogP contribution in [0.5, 0.6) is 0 Å². The number of aromatic nitrogens is 2. The van der Waals surface area contributed by atoms with Crippen molar-refractivity contribution in [1.29, 1.82) is 0 Å². The van der Waals surface area contributed by atoms with Crippen LogP contribution in [0.25, 0.3) is 11.0 Å². The Labute approximate surface area is 152 Å². The monoisotopic (exact) mass is 359 g/mol. The summed E-state index contributed by atoms with van der Waals surface area (Å²) >= 11 is 0. The first kappa shape index (κ1) is 18.5. The van der Waals surface area contributed by atoms with Crippen LogP contribution in [-0.2, 0) is 16.1 Å². The number of hydrogen-bond donors (Lipinski definition) is 2. The van der Waals surface area contributed by atoms with Crippen molar-refractivity contribution in [3.05, 3.63) is 40.3 Å². The van der Waals surface area contributed by atoms with E-state index in [4.69, 9.17) is 4.74 Å². The van der Waals surface area contributed by atoms with Crippen molar-refractivity contribution in [3.63, 3.8) is 0 Å². The number of benzene rings is 1. The maximum atomic E-state index is 13.2. The fourth-order valence-corrected chi connectivity index (χ4v) is 3.55. The Bertz CT molecular complexity index is 901. The Morgan fingerprint density at radius 3 is 2.77 bits per heavy atom. The number of carbonyl (C=O) groups excluding carboxylic acids is 1. The fourth-order valence-electron chi connectivity index (χ4n) is 3.55. The quantitative estimate of drug-likeness (QED) is 0.810. The normalized spacial score (nSPS) is 23.3. The second kappa shape index (κ2) is 6.48. The average Bonchev–Trinajstić information content (AvgIpc) is 2.88. The summed E-state index contributed by atoms with van der Waals surface area (Å²) < 4.78 is 6.98. The van der Waals surface area contributed by atoms with E-state index in [1.54, 1.807) is 25.3 Å². The van der Waals surface area contributed by atoms with Crippen molar-refractivity contribution in [2.45, 2.75) is 64.4 Å². The summed E-state index contributed by atoms with van der Waals surface area (Å²) in [6.07, 6.45) is 1.17. The molecule has 0 aliphatic carbocycles. The minimum Gasteiger partial charge on any atom is -0.458 e. The average molecular weight is 359 g/mol. The third-order valence-electron chi connectivity index (χ3n) is 4.57. The second-order valence-corrected chi connectivity index (χ2v) is 7.74. The van der Waals surface area contributed by atoms with Crippen LogP contribution >= 0.6 is 0 Å². The molecule has 3 rings (SSSR count). The van der Waals surface area contributed by atoms with Gasteiger partial charge in [0.2, 0.25) is 0 Å². The minimum atomic E-state index is -1.01. The number of aliphatic hydroxyl groups is 1. The molecule has 26 heavy (non-hydrogen) atoms. The van der Waals surface area contributed by atoms with Crippen LogP contribution in [-0.4, -0.2) is 32.0 Å². The molecule has 0 radical (unpaired) electrons. The van der Waals surface area contributed by atoms with Gasteiger partial charge in [0, 0.05) is 6.92 Å². The lowest BCUT2D eigenvalue weighted by Crippen LogP contribution is -2.41. The number of nitrogens with one attached hydrogen (secondary N) is 1. The molecule has 1 saturated heterocycles. The van der Waals surface area contributed by atoms with E-state index < -0.39 is 17.3 Å². The van der Waals surface area contributed by atoms with Gasteiger partial charge >= 0.3 is 5.97 Å². The van der Waals surface area contributed by atoms with Gasteiger partial charge in [-0.2, -0.15) is 0 Å². The summed E-state index contributed by atoms with van der Waals surface area (Å²) in [6, 6.07) is 7.07. The molecule has 1 aromatic carbocycles. The number of para-hydroxylation sites is 2. The molecule has 0 amide bonds. The summed E-state index contributed by atoms with van der Waals surface area (Å²) in [5.74, 6) is -0.393. The molecule has 7 heteroatoms. The maximum Gasteiger partial charge on any atom is 0.303 e. The first-order chi connectivity index (χ1) is 12.1. The third-order valence-corrected chi connectivity index (χ3v) is 4.57. The van der Waals surface area contributed by atoms with Crippen LogP contribution in [0.2, 0.25) is 0 Å². The second-order valence-electron chi connectivity index (χ2n) is 7.74. The molecule has 1 aliphatic heterocycles. The molecule has 2 heterocycles. The number of fused-ring (bicyclic) bond motifs is 1. The van der Waals surface area contributed by atoms with Crippen LogP contribution < -0.4 is 10.9 Å². The molecule has 1 aromatic heterocycles. The standard InChI is InChI=1S/C19H25N3O4/c1-12(23)26-18(2,3)11-22-15-8-6-5-7-13(15)20-16(17(22)24)14-9-10-19(4,25)21-14/h5-8,14,21,25H,9-11H2,1-4H3. The molecule has 7 nitrogen and oxygen atoms in total. The summed E-state index contributed by atoms with van der Waals surface area (Å²) in [5.41, 5.74) is -0.336. The Balaban J connectivity index is 2.10. The van der Waals surface area contributed by atoms with Crippen molar-refractivity contribution in [1.82, 2.24) is 14.9 Å². The highest BCUT2D eigenvalue weighted by Crippen LogP contribution is 2.29. The first-order valence-corrected chi connectivity index (χ1v) is 8.77. The molecule has 0 spiro atoms. The molecular weight excluding hydrogens is 334 g/mol. The van der Waals surface area contributed by atoms with Gasteiger partial charge in [0.15, 0.2) is 0 Å². The lowest BCUT2D eigenvalue weighted by Gasteiger charge is -2.27. The zero-order valence-electron chi connectivity index (χ0n) is 15.6. The van der Waals surface area contributed by atoms with Gasteiger partial charge in [-0.25, -0.2) is 4.98 Å². The van der Waals surface area contributed by atoms with Crippen LogP contribution in [0.4, 0.5) is 0 Å². The molecule has 2 N–H and O–H groups in total. The number of carbonyl (C=O) groups is 1. The maximum absolute atomic E-state index is 13.2. The Hall–Kier alpha value is -2.25. The largest absolute Gasteiger partial charge is 0.458 e. The highest BCUT2D eigenvalue weighted by atomic mass is 16.6. The number of hydrogen-bond acceptors (Lipinski definition) is 6. The van der Waals surface area contributed by atoms with Gasteiger partial charge in [0.05, 0.1) is 23.6 Å². The van der Waals surface area contributed by atoms with E-state index in [9.17, 15) is 14.7 Å². The Kier molecular flexibility index (Phi) is 4.62. The SMILES string of the molecule is CC(=O)OC(C)(C)Cn1c(=O)c(C2CCC(C)(O)N2)nc2ccccc21. The van der Waals surface area contributed by atoms with Crippen molar-refractivity contribution in [2.75, 3.05) is 0 Å². The van der Waals surface area contributed by atoms with Crippen molar-refractivity contribution in [3.8, 4) is 0 Å². The molecule has 2 unspecified atom stereocenters. The number of nitrogens with zero attached hydrogens (tertiary/aromatic N) is 2. The zero-order valence-corrected chi connectivity index (χ0v) is 15.6. The van der Waals surface area contributed by atoms with E-state index >= 15 is 0 Å². The molecule has 2 aromatic rings. The lowest BCUT2D eigenvalue weighted by atomic mass is 10.1. The topological polar surface area (TPSA) is 93.5 Å². The molecule has 140 valence electrons. The molecular formula is C19H25N3O4. The van der Waals surface area contributed by atoms with Crippen LogP contribution in [0.1, 0.15) is 52.3 Å². The Morgan fingerprint density at radius 1 is 1.46 bits per heavy atom. The molecule has 0 saturated carbocycles. The van der Waals surface area contributed by atoms with Crippen LogP contribution in [0.15, 0.2) is 29.1 Å². The summed E-state index contributed by atoms with van der Waals surface area (Å²) in [7, 11) is 0. The molecule has 0 bridgehead atoms. The first-order valence-electron chi connectivity index (χ1n) is 8.77. The van der Waals surface area contributed by atoms with E-state index in [2.05, 4.69) is 10.3 Å². The Morgan fingerprint density at radius 2 is 2.15 bits per heavy atom. The van der Waals surface area contributed by atoms with E-state index in [0.29, 0.717) is 29.6 Å². The smallest absolute Gasteiger partial charge is 0.303 e. The van der Waals surface area contributed by atoms with E-state index in [-0.39, 0.29) is 18.1 Å². The number of rotatable bonds is 4. The lowest BCUT2D eigenvalue weighted by molar-refractivity contribution is -0.154. The minimum absolute atomic E-state index is 0.213. The van der Waals surface area contributed by atoms with E-state index in [1.807, 2.05) is 24.3 Å². The number of esters is 1. The number of ether oxygens (including phenoxy) is 1. The van der Waals surface area contributed by atoms with Gasteiger partial charge in [0.1, 0.15) is 17.0 Å².